The Hall–Kier alpha value is -0.600. The monoisotopic (exact) mass is 184 g/mol. The van der Waals surface area contributed by atoms with Gasteiger partial charge in [0.2, 0.25) is 0 Å². The van der Waals surface area contributed by atoms with Crippen molar-refractivity contribution in [3.05, 3.63) is 25.3 Å². The van der Waals surface area contributed by atoms with E-state index < -0.39 is 0 Å². The van der Waals surface area contributed by atoms with Crippen LogP contribution < -0.4 is 0 Å². The maximum atomic E-state index is 5.47. The summed E-state index contributed by atoms with van der Waals surface area (Å²) in [5.41, 5.74) is 0. The van der Waals surface area contributed by atoms with E-state index in [0.29, 0.717) is 13.2 Å². The summed E-state index contributed by atoms with van der Waals surface area (Å²) < 4.78 is 10.9. The molecule has 0 aliphatic rings. The van der Waals surface area contributed by atoms with E-state index in [1.807, 2.05) is 19.9 Å². The Labute approximate surface area is 81.2 Å². The van der Waals surface area contributed by atoms with Crippen LogP contribution in [0.15, 0.2) is 25.3 Å². The molecule has 1 unspecified atom stereocenters. The Bertz CT molecular complexity index is 141. The van der Waals surface area contributed by atoms with Crippen LogP contribution >= 0.6 is 0 Å². The first-order valence-corrected chi connectivity index (χ1v) is 4.65. The lowest BCUT2D eigenvalue weighted by molar-refractivity contribution is -0.0246. The van der Waals surface area contributed by atoms with Gasteiger partial charge in [-0.3, -0.25) is 0 Å². The Morgan fingerprint density at radius 2 is 1.85 bits per heavy atom. The van der Waals surface area contributed by atoms with Crippen molar-refractivity contribution in [1.82, 2.24) is 0 Å². The van der Waals surface area contributed by atoms with E-state index in [0.717, 1.165) is 6.42 Å². The molecular formula is C11H20O2. The molecular weight excluding hydrogens is 164 g/mol. The molecule has 0 spiro atoms. The molecule has 0 saturated heterocycles. The average molecular weight is 184 g/mol. The van der Waals surface area contributed by atoms with Crippen LogP contribution in [0.3, 0.4) is 0 Å². The van der Waals surface area contributed by atoms with E-state index in [4.69, 9.17) is 9.47 Å². The number of hydrogen-bond acceptors (Lipinski definition) is 2. The molecule has 0 heterocycles. The van der Waals surface area contributed by atoms with Crippen molar-refractivity contribution < 1.29 is 9.47 Å². The lowest BCUT2D eigenvalue weighted by Crippen LogP contribution is -2.21. The third kappa shape index (κ3) is 7.75. The lowest BCUT2D eigenvalue weighted by Gasteiger charge is -2.17. The maximum Gasteiger partial charge on any atom is 0.0847 e. The molecule has 0 rings (SSSR count). The van der Waals surface area contributed by atoms with Gasteiger partial charge in [0.05, 0.1) is 25.4 Å². The SMILES string of the molecule is C=CCOC(CC=C)COC(C)C. The number of rotatable bonds is 8. The average Bonchev–Trinajstić information content (AvgIpc) is 2.09. The third-order valence-electron chi connectivity index (χ3n) is 1.49. The van der Waals surface area contributed by atoms with Crippen molar-refractivity contribution in [2.24, 2.45) is 0 Å². The van der Waals surface area contributed by atoms with Gasteiger partial charge in [0.25, 0.3) is 0 Å². The highest BCUT2D eigenvalue weighted by Gasteiger charge is 2.07. The first-order chi connectivity index (χ1) is 6.20. The van der Waals surface area contributed by atoms with Gasteiger partial charge in [-0.05, 0) is 20.3 Å². The van der Waals surface area contributed by atoms with Crippen LogP contribution in [-0.4, -0.2) is 25.4 Å². The zero-order chi connectivity index (χ0) is 10.1. The van der Waals surface area contributed by atoms with Crippen LogP contribution in [-0.2, 0) is 9.47 Å². The fraction of sp³-hybridized carbons (Fsp3) is 0.636. The van der Waals surface area contributed by atoms with E-state index in [9.17, 15) is 0 Å². The maximum absolute atomic E-state index is 5.47. The summed E-state index contributed by atoms with van der Waals surface area (Å²) in [4.78, 5) is 0. The zero-order valence-corrected chi connectivity index (χ0v) is 8.66. The molecule has 0 aromatic rings. The van der Waals surface area contributed by atoms with E-state index in [2.05, 4.69) is 13.2 Å². The van der Waals surface area contributed by atoms with Gasteiger partial charge in [-0.15, -0.1) is 13.2 Å². The van der Waals surface area contributed by atoms with Gasteiger partial charge in [0.15, 0.2) is 0 Å². The van der Waals surface area contributed by atoms with Crippen LogP contribution in [0.25, 0.3) is 0 Å². The summed E-state index contributed by atoms with van der Waals surface area (Å²) in [5.74, 6) is 0. The van der Waals surface area contributed by atoms with Gasteiger partial charge in [-0.25, -0.2) is 0 Å². The second-order valence-electron chi connectivity index (χ2n) is 3.15. The van der Waals surface area contributed by atoms with Gasteiger partial charge in [-0.2, -0.15) is 0 Å². The summed E-state index contributed by atoms with van der Waals surface area (Å²) >= 11 is 0. The highest BCUT2D eigenvalue weighted by atomic mass is 16.5. The van der Waals surface area contributed by atoms with Crippen molar-refractivity contribution in [2.45, 2.75) is 32.5 Å². The quantitative estimate of drug-likeness (QED) is 0.540. The van der Waals surface area contributed by atoms with Gasteiger partial charge in [0.1, 0.15) is 0 Å². The predicted octanol–water partition coefficient (Wildman–Crippen LogP) is 2.56. The normalized spacial score (nSPS) is 12.8. The Morgan fingerprint density at radius 3 is 2.31 bits per heavy atom. The first kappa shape index (κ1) is 12.4. The fourth-order valence-corrected chi connectivity index (χ4v) is 0.874. The van der Waals surface area contributed by atoms with Crippen LogP contribution in [0.4, 0.5) is 0 Å². The van der Waals surface area contributed by atoms with Gasteiger partial charge >= 0.3 is 0 Å². The molecule has 0 fully saturated rings. The van der Waals surface area contributed by atoms with Crippen LogP contribution in [0.2, 0.25) is 0 Å². The number of hydrogen-bond donors (Lipinski definition) is 0. The second-order valence-corrected chi connectivity index (χ2v) is 3.15. The molecule has 1 atom stereocenters. The molecule has 13 heavy (non-hydrogen) atoms. The lowest BCUT2D eigenvalue weighted by atomic mass is 10.2. The molecule has 0 aromatic carbocycles. The van der Waals surface area contributed by atoms with Gasteiger partial charge in [-0.1, -0.05) is 12.2 Å². The minimum Gasteiger partial charge on any atom is -0.376 e. The van der Waals surface area contributed by atoms with Crippen LogP contribution in [0.5, 0.6) is 0 Å². The Morgan fingerprint density at radius 1 is 1.15 bits per heavy atom. The van der Waals surface area contributed by atoms with Crippen molar-refractivity contribution in [3.63, 3.8) is 0 Å². The fourth-order valence-electron chi connectivity index (χ4n) is 0.874. The summed E-state index contributed by atoms with van der Waals surface area (Å²) in [5, 5.41) is 0. The van der Waals surface area contributed by atoms with E-state index in [-0.39, 0.29) is 12.2 Å². The molecule has 0 bridgehead atoms. The molecule has 0 amide bonds. The number of ether oxygens (including phenoxy) is 2. The minimum absolute atomic E-state index is 0.109. The van der Waals surface area contributed by atoms with Crippen molar-refractivity contribution in [3.8, 4) is 0 Å². The molecule has 0 radical (unpaired) electrons. The predicted molar refractivity (Wildman–Crippen MR) is 55.8 cm³/mol. The highest BCUT2D eigenvalue weighted by Crippen LogP contribution is 2.02. The van der Waals surface area contributed by atoms with Crippen LogP contribution in [0, 0.1) is 0 Å². The van der Waals surface area contributed by atoms with E-state index >= 15 is 0 Å². The first-order valence-electron chi connectivity index (χ1n) is 4.65. The summed E-state index contributed by atoms with van der Waals surface area (Å²) in [6, 6.07) is 0. The topological polar surface area (TPSA) is 18.5 Å². The molecule has 0 N–H and O–H groups in total. The largest absolute Gasteiger partial charge is 0.376 e. The molecule has 0 aliphatic heterocycles. The Balaban J connectivity index is 3.65. The van der Waals surface area contributed by atoms with Crippen molar-refractivity contribution >= 4 is 0 Å². The third-order valence-corrected chi connectivity index (χ3v) is 1.49. The smallest absolute Gasteiger partial charge is 0.0847 e. The molecule has 76 valence electrons. The van der Waals surface area contributed by atoms with E-state index in [1.54, 1.807) is 6.08 Å². The minimum atomic E-state index is 0.109. The summed E-state index contributed by atoms with van der Waals surface area (Å²) in [6.45, 7) is 12.5. The van der Waals surface area contributed by atoms with Gasteiger partial charge in [0, 0.05) is 0 Å². The highest BCUT2D eigenvalue weighted by molar-refractivity contribution is 4.75. The molecule has 0 aromatic heterocycles. The van der Waals surface area contributed by atoms with Crippen LogP contribution in [0.1, 0.15) is 20.3 Å². The van der Waals surface area contributed by atoms with E-state index in [1.165, 1.54) is 0 Å². The summed E-state index contributed by atoms with van der Waals surface area (Å²) in [6.07, 6.45) is 4.77. The standard InChI is InChI=1S/C11H20O2/c1-5-7-11(12-8-6-2)9-13-10(3)4/h5-6,10-11H,1-2,7-9H2,3-4H3. The second kappa shape index (κ2) is 8.02. The zero-order valence-electron chi connectivity index (χ0n) is 8.66. The molecule has 2 heteroatoms. The molecule has 0 aliphatic carbocycles. The summed E-state index contributed by atoms with van der Waals surface area (Å²) in [7, 11) is 0. The molecule has 2 nitrogen and oxygen atoms in total. The van der Waals surface area contributed by atoms with Crippen molar-refractivity contribution in [1.29, 1.82) is 0 Å². The molecule has 0 saturated carbocycles. The van der Waals surface area contributed by atoms with Crippen molar-refractivity contribution in [2.75, 3.05) is 13.2 Å². The Kier molecular flexibility index (Phi) is 7.65. The van der Waals surface area contributed by atoms with Gasteiger partial charge < -0.3 is 9.47 Å².